The maximum Gasteiger partial charge on any atom is 0.179 e. The minimum Gasteiger partial charge on any atom is -0.497 e. The van der Waals surface area contributed by atoms with E-state index in [2.05, 4.69) is 33.4 Å². The van der Waals surface area contributed by atoms with Crippen LogP contribution in [0.2, 0.25) is 0 Å². The Kier molecular flexibility index (Phi) is 5.92. The minimum absolute atomic E-state index is 0.165. The van der Waals surface area contributed by atoms with Crippen molar-refractivity contribution in [3.05, 3.63) is 53.7 Å². The van der Waals surface area contributed by atoms with E-state index in [-0.39, 0.29) is 5.78 Å². The minimum atomic E-state index is 0.165. The molecule has 2 aromatic carbocycles. The summed E-state index contributed by atoms with van der Waals surface area (Å²) in [6, 6.07) is 14.4. The molecule has 1 saturated heterocycles. The number of fused-ring (bicyclic) bond motifs is 1. The highest BCUT2D eigenvalue weighted by molar-refractivity contribution is 6.10. The summed E-state index contributed by atoms with van der Waals surface area (Å²) in [6.45, 7) is 7.22. The zero-order valence-corrected chi connectivity index (χ0v) is 19.0. The van der Waals surface area contributed by atoms with Crippen LogP contribution in [0.25, 0.3) is 10.9 Å². The number of Topliss-reactive ketones (excluding diaryl/α,β-unsaturated/α-hetero) is 1. The third kappa shape index (κ3) is 4.00. The molecular formula is C25H31N3O3. The van der Waals surface area contributed by atoms with Crippen molar-refractivity contribution >= 4 is 22.4 Å². The van der Waals surface area contributed by atoms with Gasteiger partial charge in [0.05, 0.1) is 20.8 Å². The summed E-state index contributed by atoms with van der Waals surface area (Å²) in [4.78, 5) is 18.0. The first-order chi connectivity index (χ1) is 14.9. The van der Waals surface area contributed by atoms with Gasteiger partial charge in [0.1, 0.15) is 11.5 Å². The molecule has 6 heteroatoms. The van der Waals surface area contributed by atoms with Crippen LogP contribution < -0.4 is 14.4 Å². The zero-order valence-electron chi connectivity index (χ0n) is 19.0. The highest BCUT2D eigenvalue weighted by Crippen LogP contribution is 2.30. The quantitative estimate of drug-likeness (QED) is 0.565. The van der Waals surface area contributed by atoms with E-state index in [0.717, 1.165) is 59.0 Å². The van der Waals surface area contributed by atoms with Crippen LogP contribution in [-0.4, -0.2) is 61.7 Å². The summed E-state index contributed by atoms with van der Waals surface area (Å²) < 4.78 is 12.9. The van der Waals surface area contributed by atoms with E-state index in [1.54, 1.807) is 14.2 Å². The van der Waals surface area contributed by atoms with Crippen molar-refractivity contribution in [2.45, 2.75) is 19.9 Å². The van der Waals surface area contributed by atoms with Gasteiger partial charge in [0, 0.05) is 66.6 Å². The van der Waals surface area contributed by atoms with Gasteiger partial charge in [0.2, 0.25) is 0 Å². The molecule has 1 aromatic heterocycles. The first-order valence-electron chi connectivity index (χ1n) is 10.7. The molecule has 0 saturated carbocycles. The number of aryl methyl sites for hydroxylation is 1. The molecule has 1 fully saturated rings. The third-order valence-electron chi connectivity index (χ3n) is 6.44. The second kappa shape index (κ2) is 8.63. The van der Waals surface area contributed by atoms with Gasteiger partial charge in [-0.05, 0) is 44.2 Å². The predicted molar refractivity (Wildman–Crippen MR) is 125 cm³/mol. The SMILES string of the molecule is COc1cccc(N2CCN(CC(=O)c3c(C)n(C)c4ccc(OC)cc34)C[C@H]2C)c1. The summed E-state index contributed by atoms with van der Waals surface area (Å²) in [5.41, 5.74) is 4.02. The number of methoxy groups -OCH3 is 2. The number of rotatable bonds is 6. The summed E-state index contributed by atoms with van der Waals surface area (Å²) in [6.07, 6.45) is 0. The van der Waals surface area contributed by atoms with Crippen LogP contribution in [0.4, 0.5) is 5.69 Å². The molecule has 0 bridgehead atoms. The molecule has 1 aliphatic rings. The topological polar surface area (TPSA) is 46.9 Å². The molecule has 31 heavy (non-hydrogen) atoms. The van der Waals surface area contributed by atoms with Crippen molar-refractivity contribution in [2.75, 3.05) is 45.3 Å². The van der Waals surface area contributed by atoms with Crippen LogP contribution >= 0.6 is 0 Å². The molecule has 164 valence electrons. The van der Waals surface area contributed by atoms with Gasteiger partial charge in [-0.3, -0.25) is 9.69 Å². The lowest BCUT2D eigenvalue weighted by molar-refractivity contribution is 0.0918. The number of hydrogen-bond donors (Lipinski definition) is 0. The van der Waals surface area contributed by atoms with Crippen LogP contribution in [-0.2, 0) is 7.05 Å². The number of ether oxygens (including phenoxy) is 2. The second-order valence-electron chi connectivity index (χ2n) is 8.30. The highest BCUT2D eigenvalue weighted by atomic mass is 16.5. The van der Waals surface area contributed by atoms with Crippen LogP contribution in [0.15, 0.2) is 42.5 Å². The number of nitrogens with zero attached hydrogens (tertiary/aromatic N) is 3. The highest BCUT2D eigenvalue weighted by Gasteiger charge is 2.27. The molecule has 0 spiro atoms. The molecule has 3 aromatic rings. The summed E-state index contributed by atoms with van der Waals surface area (Å²) >= 11 is 0. The summed E-state index contributed by atoms with van der Waals surface area (Å²) in [7, 11) is 5.36. The number of carbonyl (C=O) groups is 1. The average Bonchev–Trinajstić information content (AvgIpc) is 3.03. The lowest BCUT2D eigenvalue weighted by Crippen LogP contribution is -2.53. The molecule has 0 radical (unpaired) electrons. The lowest BCUT2D eigenvalue weighted by atomic mass is 10.0. The van der Waals surface area contributed by atoms with E-state index in [0.29, 0.717) is 12.6 Å². The molecule has 6 nitrogen and oxygen atoms in total. The molecular weight excluding hydrogens is 390 g/mol. The number of ketones is 1. The van der Waals surface area contributed by atoms with Gasteiger partial charge in [-0.1, -0.05) is 6.07 Å². The fraction of sp³-hybridized carbons (Fsp3) is 0.400. The van der Waals surface area contributed by atoms with Crippen molar-refractivity contribution in [3.63, 3.8) is 0 Å². The number of anilines is 1. The van der Waals surface area contributed by atoms with E-state index in [1.165, 1.54) is 0 Å². The number of piperazine rings is 1. The van der Waals surface area contributed by atoms with Crippen LogP contribution in [0, 0.1) is 6.92 Å². The maximum atomic E-state index is 13.4. The molecule has 1 aliphatic heterocycles. The van der Waals surface area contributed by atoms with E-state index < -0.39 is 0 Å². The standard InChI is InChI=1S/C25H31N3O3/c1-17-15-27(11-12-28(17)19-7-6-8-20(13-19)30-4)16-24(29)25-18(2)26(3)23-10-9-21(31-5)14-22(23)25/h6-10,13-14,17H,11-12,15-16H2,1-5H3/t17-/m1/s1. The van der Waals surface area contributed by atoms with Crippen LogP contribution in [0.1, 0.15) is 23.0 Å². The Hall–Kier alpha value is -2.99. The monoisotopic (exact) mass is 421 g/mol. The molecule has 4 rings (SSSR count). The van der Waals surface area contributed by atoms with Gasteiger partial charge in [-0.25, -0.2) is 0 Å². The van der Waals surface area contributed by atoms with Crippen LogP contribution in [0.5, 0.6) is 11.5 Å². The Morgan fingerprint density at radius 1 is 1.06 bits per heavy atom. The number of aromatic nitrogens is 1. The summed E-state index contributed by atoms with van der Waals surface area (Å²) in [5.74, 6) is 1.80. The van der Waals surface area contributed by atoms with Gasteiger partial charge in [0.15, 0.2) is 5.78 Å². The Balaban J connectivity index is 1.51. The van der Waals surface area contributed by atoms with E-state index in [1.807, 2.05) is 44.3 Å². The Labute approximate surface area is 184 Å². The predicted octanol–water partition coefficient (Wildman–Crippen LogP) is 3.90. The van der Waals surface area contributed by atoms with Crippen molar-refractivity contribution in [1.82, 2.24) is 9.47 Å². The molecule has 0 aliphatic carbocycles. The van der Waals surface area contributed by atoms with Crippen molar-refractivity contribution in [2.24, 2.45) is 7.05 Å². The summed E-state index contributed by atoms with van der Waals surface area (Å²) in [5, 5.41) is 0.965. The van der Waals surface area contributed by atoms with Gasteiger partial charge in [0.25, 0.3) is 0 Å². The first-order valence-corrected chi connectivity index (χ1v) is 10.7. The molecule has 0 unspecified atom stereocenters. The second-order valence-corrected chi connectivity index (χ2v) is 8.30. The van der Waals surface area contributed by atoms with Gasteiger partial charge in [-0.15, -0.1) is 0 Å². The van der Waals surface area contributed by atoms with E-state index in [4.69, 9.17) is 9.47 Å². The Morgan fingerprint density at radius 2 is 1.81 bits per heavy atom. The van der Waals surface area contributed by atoms with Crippen LogP contribution in [0.3, 0.4) is 0 Å². The van der Waals surface area contributed by atoms with Gasteiger partial charge in [-0.2, -0.15) is 0 Å². The molecule has 0 amide bonds. The number of benzene rings is 2. The van der Waals surface area contributed by atoms with Gasteiger partial charge >= 0.3 is 0 Å². The fourth-order valence-corrected chi connectivity index (χ4v) is 4.66. The van der Waals surface area contributed by atoms with Gasteiger partial charge < -0.3 is 18.9 Å². The smallest absolute Gasteiger partial charge is 0.179 e. The number of hydrogen-bond acceptors (Lipinski definition) is 5. The maximum absolute atomic E-state index is 13.4. The normalized spacial score (nSPS) is 17.2. The Bertz CT molecular complexity index is 1100. The lowest BCUT2D eigenvalue weighted by Gasteiger charge is -2.41. The molecule has 0 N–H and O–H groups in total. The zero-order chi connectivity index (χ0) is 22.1. The first kappa shape index (κ1) is 21.2. The molecule has 1 atom stereocenters. The van der Waals surface area contributed by atoms with E-state index >= 15 is 0 Å². The van der Waals surface area contributed by atoms with Crippen molar-refractivity contribution < 1.29 is 14.3 Å². The van der Waals surface area contributed by atoms with Crippen molar-refractivity contribution in [1.29, 1.82) is 0 Å². The molecule has 2 heterocycles. The third-order valence-corrected chi connectivity index (χ3v) is 6.44. The van der Waals surface area contributed by atoms with E-state index in [9.17, 15) is 4.79 Å². The fourth-order valence-electron chi connectivity index (χ4n) is 4.66. The van der Waals surface area contributed by atoms with Crippen molar-refractivity contribution in [3.8, 4) is 11.5 Å². The largest absolute Gasteiger partial charge is 0.497 e. The average molecular weight is 422 g/mol. The Morgan fingerprint density at radius 3 is 2.52 bits per heavy atom. The number of carbonyl (C=O) groups excluding carboxylic acids is 1.